The van der Waals surface area contributed by atoms with Crippen molar-refractivity contribution in [3.05, 3.63) is 34.9 Å². The van der Waals surface area contributed by atoms with Gasteiger partial charge in [0.1, 0.15) is 0 Å². The van der Waals surface area contributed by atoms with Gasteiger partial charge in [0.2, 0.25) is 5.91 Å². The van der Waals surface area contributed by atoms with Crippen LogP contribution in [0.25, 0.3) is 0 Å². The number of halogens is 1. The zero-order valence-corrected chi connectivity index (χ0v) is 13.4. The van der Waals surface area contributed by atoms with Crippen molar-refractivity contribution in [3.8, 4) is 0 Å². The maximum absolute atomic E-state index is 11.7. The molecule has 0 spiro atoms. The summed E-state index contributed by atoms with van der Waals surface area (Å²) in [5.41, 5.74) is 3.63. The van der Waals surface area contributed by atoms with Gasteiger partial charge in [0, 0.05) is 6.54 Å². The number of hydrogen-bond acceptors (Lipinski definition) is 1. The Hall–Kier alpha value is -0.580. The summed E-state index contributed by atoms with van der Waals surface area (Å²) in [7, 11) is 0. The Balaban J connectivity index is 2.29. The standard InChI is InChI=1S/C15H22INO/c1-12-6-7-14(10-13(12)2)11-15(18)17-9-5-3-4-8-16/h6-7,10H,3-5,8-9,11H2,1-2H3,(H,17,18). The van der Waals surface area contributed by atoms with Gasteiger partial charge in [-0.15, -0.1) is 0 Å². The van der Waals surface area contributed by atoms with Crippen LogP contribution in [0.15, 0.2) is 18.2 Å². The van der Waals surface area contributed by atoms with Crippen molar-refractivity contribution in [2.75, 3.05) is 11.0 Å². The first-order valence-corrected chi connectivity index (χ1v) is 8.05. The third kappa shape index (κ3) is 5.85. The number of carbonyl (C=O) groups excluding carboxylic acids is 1. The van der Waals surface area contributed by atoms with Gasteiger partial charge in [0.25, 0.3) is 0 Å². The zero-order chi connectivity index (χ0) is 13.4. The van der Waals surface area contributed by atoms with E-state index in [9.17, 15) is 4.79 Å². The molecule has 0 bridgehead atoms. The molecule has 0 aliphatic rings. The van der Waals surface area contributed by atoms with Crippen molar-refractivity contribution in [1.82, 2.24) is 5.32 Å². The molecule has 0 fully saturated rings. The number of carbonyl (C=O) groups is 1. The van der Waals surface area contributed by atoms with E-state index in [4.69, 9.17) is 0 Å². The third-order valence-electron chi connectivity index (χ3n) is 3.07. The fraction of sp³-hybridized carbons (Fsp3) is 0.533. The van der Waals surface area contributed by atoms with Crippen LogP contribution in [0.1, 0.15) is 36.0 Å². The number of alkyl halides is 1. The number of unbranched alkanes of at least 4 members (excludes halogenated alkanes) is 2. The van der Waals surface area contributed by atoms with E-state index in [2.05, 4.69) is 53.9 Å². The quantitative estimate of drug-likeness (QED) is 0.450. The summed E-state index contributed by atoms with van der Waals surface area (Å²) in [6.45, 7) is 4.98. The van der Waals surface area contributed by atoms with Crippen LogP contribution in [0.4, 0.5) is 0 Å². The first-order chi connectivity index (χ1) is 8.63. The predicted molar refractivity (Wildman–Crippen MR) is 85.4 cm³/mol. The van der Waals surface area contributed by atoms with Gasteiger partial charge in [-0.2, -0.15) is 0 Å². The van der Waals surface area contributed by atoms with Crippen molar-refractivity contribution in [2.24, 2.45) is 0 Å². The van der Waals surface area contributed by atoms with Crippen LogP contribution < -0.4 is 5.32 Å². The highest BCUT2D eigenvalue weighted by atomic mass is 127. The zero-order valence-electron chi connectivity index (χ0n) is 11.3. The molecule has 3 heteroatoms. The SMILES string of the molecule is Cc1ccc(CC(=O)NCCCCCI)cc1C. The van der Waals surface area contributed by atoms with Gasteiger partial charge >= 0.3 is 0 Å². The minimum Gasteiger partial charge on any atom is -0.356 e. The lowest BCUT2D eigenvalue weighted by atomic mass is 10.0. The lowest BCUT2D eigenvalue weighted by Gasteiger charge is -2.07. The van der Waals surface area contributed by atoms with Crippen molar-refractivity contribution >= 4 is 28.5 Å². The Morgan fingerprint density at radius 3 is 2.61 bits per heavy atom. The highest BCUT2D eigenvalue weighted by molar-refractivity contribution is 14.1. The topological polar surface area (TPSA) is 29.1 Å². The molecule has 1 amide bonds. The molecule has 100 valence electrons. The van der Waals surface area contributed by atoms with Gasteiger partial charge < -0.3 is 5.32 Å². The number of rotatable bonds is 7. The summed E-state index contributed by atoms with van der Waals surface area (Å²) >= 11 is 2.39. The Kier molecular flexibility index (Phi) is 7.32. The minimum atomic E-state index is 0.132. The van der Waals surface area contributed by atoms with E-state index in [1.165, 1.54) is 28.4 Å². The van der Waals surface area contributed by atoms with Crippen molar-refractivity contribution in [2.45, 2.75) is 39.5 Å². The smallest absolute Gasteiger partial charge is 0.224 e. The second-order valence-corrected chi connectivity index (χ2v) is 5.77. The van der Waals surface area contributed by atoms with E-state index in [0.717, 1.165) is 18.5 Å². The van der Waals surface area contributed by atoms with E-state index in [-0.39, 0.29) is 5.91 Å². The molecule has 0 unspecified atom stereocenters. The summed E-state index contributed by atoms with van der Waals surface area (Å²) in [6, 6.07) is 6.22. The Labute approximate surface area is 124 Å². The highest BCUT2D eigenvalue weighted by Crippen LogP contribution is 2.10. The molecule has 1 aromatic carbocycles. The molecular formula is C15H22INO. The molecule has 1 aromatic rings. The number of hydrogen-bond donors (Lipinski definition) is 1. The maximum atomic E-state index is 11.7. The van der Waals surface area contributed by atoms with Crippen molar-refractivity contribution in [3.63, 3.8) is 0 Å². The maximum Gasteiger partial charge on any atom is 0.224 e. The molecule has 1 rings (SSSR count). The summed E-state index contributed by atoms with van der Waals surface area (Å²) in [6.07, 6.45) is 4.02. The van der Waals surface area contributed by atoms with Gasteiger partial charge in [0.05, 0.1) is 6.42 Å². The van der Waals surface area contributed by atoms with Gasteiger partial charge in [-0.05, 0) is 47.8 Å². The molecule has 0 saturated heterocycles. The van der Waals surface area contributed by atoms with Crippen molar-refractivity contribution < 1.29 is 4.79 Å². The second-order valence-electron chi connectivity index (χ2n) is 4.69. The fourth-order valence-electron chi connectivity index (χ4n) is 1.79. The normalized spacial score (nSPS) is 10.4. The van der Waals surface area contributed by atoms with Crippen LogP contribution in [-0.4, -0.2) is 16.9 Å². The third-order valence-corrected chi connectivity index (χ3v) is 3.83. The van der Waals surface area contributed by atoms with Crippen molar-refractivity contribution in [1.29, 1.82) is 0 Å². The lowest BCUT2D eigenvalue weighted by Crippen LogP contribution is -2.26. The Morgan fingerprint density at radius 1 is 1.17 bits per heavy atom. The van der Waals surface area contributed by atoms with Crippen LogP contribution in [0.3, 0.4) is 0 Å². The molecular weight excluding hydrogens is 337 g/mol. The largest absolute Gasteiger partial charge is 0.356 e. The summed E-state index contributed by atoms with van der Waals surface area (Å²) in [4.78, 5) is 11.7. The number of benzene rings is 1. The minimum absolute atomic E-state index is 0.132. The molecule has 0 saturated carbocycles. The Bertz CT molecular complexity index is 390. The molecule has 0 radical (unpaired) electrons. The van der Waals surface area contributed by atoms with E-state index in [1.807, 2.05) is 6.07 Å². The van der Waals surface area contributed by atoms with Crippen LogP contribution in [0, 0.1) is 13.8 Å². The molecule has 18 heavy (non-hydrogen) atoms. The molecule has 0 aliphatic carbocycles. The predicted octanol–water partition coefficient (Wildman–Crippen LogP) is 3.57. The molecule has 2 nitrogen and oxygen atoms in total. The van der Waals surface area contributed by atoms with E-state index >= 15 is 0 Å². The first kappa shape index (κ1) is 15.5. The number of nitrogens with one attached hydrogen (secondary N) is 1. The van der Waals surface area contributed by atoms with E-state index in [1.54, 1.807) is 0 Å². The van der Waals surface area contributed by atoms with Crippen LogP contribution in [0.2, 0.25) is 0 Å². The molecule has 1 N–H and O–H groups in total. The fourth-order valence-corrected chi connectivity index (χ4v) is 2.32. The van der Waals surface area contributed by atoms with Gasteiger partial charge in [-0.25, -0.2) is 0 Å². The van der Waals surface area contributed by atoms with E-state index < -0.39 is 0 Å². The van der Waals surface area contributed by atoms with Crippen LogP contribution in [0.5, 0.6) is 0 Å². The average molecular weight is 359 g/mol. The van der Waals surface area contributed by atoms with Gasteiger partial charge in [-0.1, -0.05) is 47.2 Å². The highest BCUT2D eigenvalue weighted by Gasteiger charge is 2.03. The number of aryl methyl sites for hydroxylation is 2. The molecule has 0 heterocycles. The van der Waals surface area contributed by atoms with Gasteiger partial charge in [-0.3, -0.25) is 4.79 Å². The molecule has 0 aromatic heterocycles. The summed E-state index contributed by atoms with van der Waals surface area (Å²) in [5.74, 6) is 0.132. The molecule has 0 aliphatic heterocycles. The second kappa shape index (κ2) is 8.51. The molecule has 0 atom stereocenters. The van der Waals surface area contributed by atoms with Crippen LogP contribution >= 0.6 is 22.6 Å². The summed E-state index contributed by atoms with van der Waals surface area (Å²) < 4.78 is 1.20. The lowest BCUT2D eigenvalue weighted by molar-refractivity contribution is -0.120. The number of amides is 1. The average Bonchev–Trinajstić information content (AvgIpc) is 2.34. The van der Waals surface area contributed by atoms with Crippen LogP contribution in [-0.2, 0) is 11.2 Å². The monoisotopic (exact) mass is 359 g/mol. The Morgan fingerprint density at radius 2 is 1.94 bits per heavy atom. The van der Waals surface area contributed by atoms with Gasteiger partial charge in [0.15, 0.2) is 0 Å². The first-order valence-electron chi connectivity index (χ1n) is 6.52. The summed E-state index contributed by atoms with van der Waals surface area (Å²) in [5, 5.41) is 2.98. The van der Waals surface area contributed by atoms with E-state index in [0.29, 0.717) is 6.42 Å².